The fourth-order valence-electron chi connectivity index (χ4n) is 1.35. The van der Waals surface area contributed by atoms with E-state index in [4.69, 9.17) is 4.74 Å². The minimum absolute atomic E-state index is 0.0272. The molecule has 4 nitrogen and oxygen atoms in total. The van der Waals surface area contributed by atoms with Crippen molar-refractivity contribution in [1.82, 2.24) is 4.98 Å². The summed E-state index contributed by atoms with van der Waals surface area (Å²) in [6.07, 6.45) is 1.56. The molecule has 0 saturated carbocycles. The number of benzene rings is 1. The molecule has 0 saturated heterocycles. The zero-order valence-corrected chi connectivity index (χ0v) is 11.4. The molecule has 0 radical (unpaired) electrons. The van der Waals surface area contributed by atoms with Gasteiger partial charge in [-0.3, -0.25) is 4.79 Å². The van der Waals surface area contributed by atoms with Crippen molar-refractivity contribution in [3.05, 3.63) is 52.9 Å². The number of anilines is 1. The second-order valence-corrected chi connectivity index (χ2v) is 4.54. The van der Waals surface area contributed by atoms with Crippen LogP contribution >= 0.6 is 15.9 Å². The fraction of sp³-hybridized carbons (Fsp3) is 0.0769. The van der Waals surface area contributed by atoms with Crippen LogP contribution in [-0.2, 0) is 4.79 Å². The van der Waals surface area contributed by atoms with E-state index in [0.29, 0.717) is 10.3 Å². The number of carbonyl (C=O) groups is 1. The van der Waals surface area contributed by atoms with Gasteiger partial charge in [0.15, 0.2) is 18.2 Å². The minimum Gasteiger partial charge on any atom is -0.481 e. The number of ether oxygens (including phenoxy) is 1. The Kier molecular flexibility index (Phi) is 4.46. The summed E-state index contributed by atoms with van der Waals surface area (Å²) in [5, 5.41) is 2.54. The Morgan fingerprint density at radius 1 is 1.37 bits per heavy atom. The highest BCUT2D eigenvalue weighted by Crippen LogP contribution is 2.21. The Balaban J connectivity index is 1.90. The van der Waals surface area contributed by atoms with Gasteiger partial charge < -0.3 is 10.1 Å². The van der Waals surface area contributed by atoms with Gasteiger partial charge in [-0.25, -0.2) is 9.37 Å². The van der Waals surface area contributed by atoms with Crippen LogP contribution in [0.2, 0.25) is 0 Å². The summed E-state index contributed by atoms with van der Waals surface area (Å²) in [6.45, 7) is -0.283. The molecule has 6 heteroatoms. The van der Waals surface area contributed by atoms with E-state index in [-0.39, 0.29) is 12.4 Å². The number of halogens is 2. The molecule has 98 valence electrons. The summed E-state index contributed by atoms with van der Waals surface area (Å²) in [4.78, 5) is 15.5. The van der Waals surface area contributed by atoms with Gasteiger partial charge in [-0.05, 0) is 30.3 Å². The highest BCUT2D eigenvalue weighted by atomic mass is 79.9. The lowest BCUT2D eigenvalue weighted by Gasteiger charge is -2.07. The summed E-state index contributed by atoms with van der Waals surface area (Å²) in [6, 6.07) is 9.49. The maximum Gasteiger partial charge on any atom is 0.263 e. The number of nitrogens with one attached hydrogen (secondary N) is 1. The molecule has 0 aliphatic rings. The van der Waals surface area contributed by atoms with Gasteiger partial charge in [0.25, 0.3) is 5.91 Å². The van der Waals surface area contributed by atoms with Crippen LogP contribution in [0.3, 0.4) is 0 Å². The van der Waals surface area contributed by atoms with Gasteiger partial charge in [0.2, 0.25) is 0 Å². The molecule has 0 aliphatic heterocycles. The monoisotopic (exact) mass is 324 g/mol. The van der Waals surface area contributed by atoms with E-state index >= 15 is 0 Å². The topological polar surface area (TPSA) is 51.2 Å². The quantitative estimate of drug-likeness (QED) is 0.940. The lowest BCUT2D eigenvalue weighted by Crippen LogP contribution is -2.20. The maximum absolute atomic E-state index is 13.4. The molecule has 0 spiro atoms. The molecule has 0 aliphatic carbocycles. The van der Waals surface area contributed by atoms with E-state index in [1.807, 2.05) is 0 Å². The first-order valence-corrected chi connectivity index (χ1v) is 6.23. The van der Waals surface area contributed by atoms with Crippen LogP contribution in [0.1, 0.15) is 0 Å². The molecular formula is C13H10BrFN2O2. The molecule has 0 unspecified atom stereocenters. The average Bonchev–Trinajstić information content (AvgIpc) is 2.39. The normalized spacial score (nSPS) is 10.0. The molecule has 0 atom stereocenters. The van der Waals surface area contributed by atoms with Gasteiger partial charge in [0.1, 0.15) is 5.82 Å². The molecule has 0 bridgehead atoms. The van der Waals surface area contributed by atoms with E-state index in [9.17, 15) is 9.18 Å². The molecule has 1 N–H and O–H groups in total. The van der Waals surface area contributed by atoms with Crippen molar-refractivity contribution < 1.29 is 13.9 Å². The Morgan fingerprint density at radius 3 is 2.89 bits per heavy atom. The predicted octanol–water partition coefficient (Wildman–Crippen LogP) is 3.00. The van der Waals surface area contributed by atoms with Gasteiger partial charge in [0.05, 0.1) is 0 Å². The van der Waals surface area contributed by atoms with Gasteiger partial charge in [-0.2, -0.15) is 0 Å². The van der Waals surface area contributed by atoms with Crippen molar-refractivity contribution >= 4 is 27.7 Å². The van der Waals surface area contributed by atoms with E-state index in [0.717, 1.165) is 0 Å². The molecule has 1 amide bonds. The molecular weight excluding hydrogens is 315 g/mol. The zero-order chi connectivity index (χ0) is 13.7. The van der Waals surface area contributed by atoms with Crippen LogP contribution in [0, 0.1) is 5.82 Å². The van der Waals surface area contributed by atoms with E-state index in [1.165, 1.54) is 12.1 Å². The molecule has 1 heterocycles. The van der Waals surface area contributed by atoms with Crippen LogP contribution in [-0.4, -0.2) is 17.5 Å². The van der Waals surface area contributed by atoms with Gasteiger partial charge in [-0.15, -0.1) is 0 Å². The SMILES string of the molecule is O=C(COc1ccc(Br)cc1F)Nc1ccccn1. The van der Waals surface area contributed by atoms with Crippen LogP contribution in [0.25, 0.3) is 0 Å². The second kappa shape index (κ2) is 6.29. The molecule has 0 fully saturated rings. The number of pyridine rings is 1. The van der Waals surface area contributed by atoms with Gasteiger partial charge in [0, 0.05) is 10.7 Å². The Morgan fingerprint density at radius 2 is 2.21 bits per heavy atom. The smallest absolute Gasteiger partial charge is 0.263 e. The summed E-state index contributed by atoms with van der Waals surface area (Å²) >= 11 is 3.14. The van der Waals surface area contributed by atoms with Crippen LogP contribution in [0.5, 0.6) is 5.75 Å². The van der Waals surface area contributed by atoms with Gasteiger partial charge in [-0.1, -0.05) is 22.0 Å². The highest BCUT2D eigenvalue weighted by molar-refractivity contribution is 9.10. The number of hydrogen-bond acceptors (Lipinski definition) is 3. The lowest BCUT2D eigenvalue weighted by atomic mass is 10.3. The number of rotatable bonds is 4. The van der Waals surface area contributed by atoms with Crippen LogP contribution in [0.15, 0.2) is 47.1 Å². The minimum atomic E-state index is -0.528. The zero-order valence-electron chi connectivity index (χ0n) is 9.77. The van der Waals surface area contributed by atoms with Crippen LogP contribution < -0.4 is 10.1 Å². The molecule has 2 rings (SSSR count). The van der Waals surface area contributed by atoms with Crippen molar-refractivity contribution in [1.29, 1.82) is 0 Å². The van der Waals surface area contributed by atoms with E-state index < -0.39 is 11.7 Å². The largest absolute Gasteiger partial charge is 0.481 e. The van der Waals surface area contributed by atoms with Crippen molar-refractivity contribution in [3.63, 3.8) is 0 Å². The number of amides is 1. The van der Waals surface area contributed by atoms with Crippen LogP contribution in [0.4, 0.5) is 10.2 Å². The summed E-state index contributed by atoms with van der Waals surface area (Å²) in [5.41, 5.74) is 0. The van der Waals surface area contributed by atoms with Crippen molar-refractivity contribution in [2.24, 2.45) is 0 Å². The van der Waals surface area contributed by atoms with Crippen molar-refractivity contribution in [2.45, 2.75) is 0 Å². The molecule has 2 aromatic rings. The fourth-order valence-corrected chi connectivity index (χ4v) is 1.68. The Labute approximate surface area is 117 Å². The van der Waals surface area contributed by atoms with E-state index in [1.54, 1.807) is 30.5 Å². The molecule has 19 heavy (non-hydrogen) atoms. The van der Waals surface area contributed by atoms with Gasteiger partial charge >= 0.3 is 0 Å². The first-order chi connectivity index (χ1) is 9.15. The molecule has 1 aromatic heterocycles. The first-order valence-electron chi connectivity index (χ1n) is 5.44. The Hall–Kier alpha value is -1.95. The number of nitrogens with zero attached hydrogens (tertiary/aromatic N) is 1. The number of aromatic nitrogens is 1. The summed E-state index contributed by atoms with van der Waals surface area (Å²) in [7, 11) is 0. The predicted molar refractivity (Wildman–Crippen MR) is 72.5 cm³/mol. The molecule has 1 aromatic carbocycles. The third-order valence-electron chi connectivity index (χ3n) is 2.19. The number of carbonyl (C=O) groups excluding carboxylic acids is 1. The van der Waals surface area contributed by atoms with E-state index in [2.05, 4.69) is 26.2 Å². The summed E-state index contributed by atoms with van der Waals surface area (Å²) in [5.74, 6) is -0.479. The number of hydrogen-bond donors (Lipinski definition) is 1. The summed E-state index contributed by atoms with van der Waals surface area (Å²) < 4.78 is 19.1. The first kappa shape index (κ1) is 13.5. The second-order valence-electron chi connectivity index (χ2n) is 3.63. The van der Waals surface area contributed by atoms with Crippen molar-refractivity contribution in [2.75, 3.05) is 11.9 Å². The lowest BCUT2D eigenvalue weighted by molar-refractivity contribution is -0.118. The average molecular weight is 325 g/mol. The third-order valence-corrected chi connectivity index (χ3v) is 2.68. The Bertz CT molecular complexity index is 578. The van der Waals surface area contributed by atoms with Crippen molar-refractivity contribution in [3.8, 4) is 5.75 Å². The maximum atomic E-state index is 13.4. The standard InChI is InChI=1S/C13H10BrFN2O2/c14-9-4-5-11(10(15)7-9)19-8-13(18)17-12-3-1-2-6-16-12/h1-7H,8H2,(H,16,17,18). The highest BCUT2D eigenvalue weighted by Gasteiger charge is 2.07. The third kappa shape index (κ3) is 4.03.